The summed E-state index contributed by atoms with van der Waals surface area (Å²) < 4.78 is 5.43. The van der Waals surface area contributed by atoms with Crippen molar-refractivity contribution in [2.45, 2.75) is 31.8 Å². The van der Waals surface area contributed by atoms with Gasteiger partial charge in [-0.15, -0.1) is 0 Å². The van der Waals surface area contributed by atoms with Crippen LogP contribution >= 0.6 is 0 Å². The maximum Gasteiger partial charge on any atom is 0.119 e. The number of hydrogen-bond acceptors (Lipinski definition) is 3. The molecule has 2 N–H and O–H groups in total. The van der Waals surface area contributed by atoms with Crippen molar-refractivity contribution in [1.82, 2.24) is 9.88 Å². The van der Waals surface area contributed by atoms with E-state index in [4.69, 9.17) is 4.74 Å². The molecule has 0 aliphatic carbocycles. The number of aliphatic hydroxyl groups excluding tert-OH is 1. The minimum absolute atomic E-state index is 0.289. The molecule has 1 aromatic carbocycles. The molecule has 24 heavy (non-hydrogen) atoms. The van der Waals surface area contributed by atoms with Gasteiger partial charge in [-0.1, -0.05) is 11.6 Å². The third-order valence-corrected chi connectivity index (χ3v) is 6.63. The zero-order valence-electron chi connectivity index (χ0n) is 14.2. The lowest BCUT2D eigenvalue weighted by molar-refractivity contribution is -0.0503. The summed E-state index contributed by atoms with van der Waals surface area (Å²) in [6, 6.07) is 7.24. The molecule has 1 unspecified atom stereocenters. The van der Waals surface area contributed by atoms with Gasteiger partial charge in [-0.3, -0.25) is 4.90 Å². The second kappa shape index (κ2) is 5.11. The van der Waals surface area contributed by atoms with Crippen molar-refractivity contribution in [3.63, 3.8) is 0 Å². The predicted molar refractivity (Wildman–Crippen MR) is 94.2 cm³/mol. The van der Waals surface area contributed by atoms with Crippen LogP contribution in [-0.4, -0.2) is 41.3 Å². The van der Waals surface area contributed by atoms with E-state index in [-0.39, 0.29) is 6.61 Å². The Balaban J connectivity index is 1.66. The number of rotatable bonds is 2. The molecular formula is C20H24N2O2. The molecule has 126 valence electrons. The van der Waals surface area contributed by atoms with E-state index in [0.717, 1.165) is 25.1 Å². The van der Waals surface area contributed by atoms with Crippen molar-refractivity contribution in [3.8, 4) is 5.75 Å². The van der Waals surface area contributed by atoms with Gasteiger partial charge in [0.2, 0.25) is 0 Å². The Bertz CT molecular complexity index is 838. The van der Waals surface area contributed by atoms with Gasteiger partial charge in [-0.25, -0.2) is 0 Å². The van der Waals surface area contributed by atoms with Crippen LogP contribution in [0.25, 0.3) is 10.9 Å². The molecule has 1 aromatic heterocycles. The number of nitrogens with zero attached hydrogens (tertiary/aromatic N) is 1. The number of H-pyrrole nitrogens is 1. The highest BCUT2D eigenvalue weighted by molar-refractivity contribution is 5.86. The topological polar surface area (TPSA) is 48.5 Å². The monoisotopic (exact) mass is 324 g/mol. The van der Waals surface area contributed by atoms with Gasteiger partial charge in [0.25, 0.3) is 0 Å². The van der Waals surface area contributed by atoms with Gasteiger partial charge in [0, 0.05) is 41.7 Å². The molecule has 4 bridgehead atoms. The first-order chi connectivity index (χ1) is 11.7. The molecule has 4 aliphatic rings. The number of aromatic nitrogens is 1. The number of methoxy groups -OCH3 is 1. The van der Waals surface area contributed by atoms with Gasteiger partial charge >= 0.3 is 0 Å². The van der Waals surface area contributed by atoms with Gasteiger partial charge in [0.1, 0.15) is 5.75 Å². The van der Waals surface area contributed by atoms with Crippen molar-refractivity contribution in [3.05, 3.63) is 41.1 Å². The summed E-state index contributed by atoms with van der Waals surface area (Å²) in [5.74, 6) is 1.82. The Morgan fingerprint density at radius 2 is 2.29 bits per heavy atom. The fourth-order valence-corrected chi connectivity index (χ4v) is 5.47. The smallest absolute Gasteiger partial charge is 0.119 e. The number of ether oxygens (including phenoxy) is 1. The predicted octanol–water partition coefficient (Wildman–Crippen LogP) is 3.03. The number of nitrogens with one attached hydrogen (secondary N) is 1. The van der Waals surface area contributed by atoms with Crippen molar-refractivity contribution < 1.29 is 9.84 Å². The number of fused-ring (bicyclic) bond motifs is 4. The average Bonchev–Trinajstić information content (AvgIpc) is 2.99. The largest absolute Gasteiger partial charge is 0.497 e. The highest BCUT2D eigenvalue weighted by atomic mass is 16.5. The zero-order chi connectivity index (χ0) is 16.4. The highest BCUT2D eigenvalue weighted by Crippen LogP contribution is 2.54. The summed E-state index contributed by atoms with van der Waals surface area (Å²) in [5, 5.41) is 11.3. The standard InChI is InChI=1S/C20H24N2O2/c1-3-11-9-22-18-8-15-14-6-12(24-2)4-5-17(14)21-20(15)19(22)7-13(11)16(18)10-23/h3-6,13,16,18-19,21,23H,7-10H2,1-2H3/b11-3-/t13-,16+,18-,19-/m0/s1. The fourth-order valence-electron chi connectivity index (χ4n) is 5.47. The summed E-state index contributed by atoms with van der Waals surface area (Å²) in [4.78, 5) is 6.32. The fraction of sp³-hybridized carbons (Fsp3) is 0.500. The molecule has 3 fully saturated rings. The molecule has 6 rings (SSSR count). The van der Waals surface area contributed by atoms with Gasteiger partial charge in [-0.05, 0) is 49.4 Å². The molecule has 4 nitrogen and oxygen atoms in total. The maximum atomic E-state index is 10.1. The SMILES string of the molecule is C/C=C1/CN2[C@H]3C[C@@H]1[C@@H](CO)[C@@H]2Cc1c3[nH]c2ccc(OC)cc12. The van der Waals surface area contributed by atoms with E-state index in [9.17, 15) is 5.11 Å². The molecule has 0 amide bonds. The second-order valence-corrected chi connectivity index (χ2v) is 7.44. The molecule has 4 heteroatoms. The van der Waals surface area contributed by atoms with E-state index in [1.165, 1.54) is 27.7 Å². The normalized spacial score (nSPS) is 35.5. The lowest BCUT2D eigenvalue weighted by Gasteiger charge is -2.58. The number of hydrogen-bond donors (Lipinski definition) is 2. The third-order valence-electron chi connectivity index (χ3n) is 6.63. The second-order valence-electron chi connectivity index (χ2n) is 7.44. The van der Waals surface area contributed by atoms with Gasteiger partial charge in [0.05, 0.1) is 13.2 Å². The first-order valence-corrected chi connectivity index (χ1v) is 8.95. The lowest BCUT2D eigenvalue weighted by atomic mass is 9.64. The molecule has 3 saturated heterocycles. The van der Waals surface area contributed by atoms with Crippen LogP contribution in [0, 0.1) is 11.8 Å². The Hall–Kier alpha value is -1.78. The first-order valence-electron chi connectivity index (χ1n) is 8.95. The Morgan fingerprint density at radius 1 is 1.42 bits per heavy atom. The van der Waals surface area contributed by atoms with Crippen LogP contribution in [0.1, 0.15) is 30.6 Å². The minimum atomic E-state index is 0.289. The van der Waals surface area contributed by atoms with E-state index in [0.29, 0.717) is 23.9 Å². The van der Waals surface area contributed by atoms with Crippen molar-refractivity contribution >= 4 is 10.9 Å². The third kappa shape index (κ3) is 1.76. The van der Waals surface area contributed by atoms with Crippen LogP contribution < -0.4 is 4.74 Å². The zero-order valence-corrected chi connectivity index (χ0v) is 14.2. The molecule has 2 aromatic rings. The summed E-state index contributed by atoms with van der Waals surface area (Å²) in [5.41, 5.74) is 5.56. The molecule has 0 radical (unpaired) electrons. The van der Waals surface area contributed by atoms with E-state index in [2.05, 4.69) is 35.0 Å². The molecule has 5 atom stereocenters. The van der Waals surface area contributed by atoms with E-state index >= 15 is 0 Å². The Labute approximate surface area is 142 Å². The highest BCUT2D eigenvalue weighted by Gasteiger charge is 2.52. The van der Waals surface area contributed by atoms with Crippen molar-refractivity contribution in [2.24, 2.45) is 11.8 Å². The number of allylic oxidation sites excluding steroid dienone is 1. The van der Waals surface area contributed by atoms with Crippen LogP contribution in [-0.2, 0) is 6.42 Å². The molecular weight excluding hydrogens is 300 g/mol. The summed E-state index contributed by atoms with van der Waals surface area (Å²) >= 11 is 0. The van der Waals surface area contributed by atoms with Crippen LogP contribution in [0.5, 0.6) is 5.75 Å². The van der Waals surface area contributed by atoms with Gasteiger partial charge in [-0.2, -0.15) is 0 Å². The van der Waals surface area contributed by atoms with Crippen LogP contribution in [0.15, 0.2) is 29.8 Å². The van der Waals surface area contributed by atoms with E-state index in [1.807, 2.05) is 6.07 Å². The van der Waals surface area contributed by atoms with Crippen molar-refractivity contribution in [1.29, 1.82) is 0 Å². The summed E-state index contributed by atoms with van der Waals surface area (Å²) in [6.07, 6.45) is 4.42. The summed E-state index contributed by atoms with van der Waals surface area (Å²) in [7, 11) is 1.72. The number of aromatic amines is 1. The number of aliphatic hydroxyl groups is 1. The van der Waals surface area contributed by atoms with Gasteiger partial charge < -0.3 is 14.8 Å². The van der Waals surface area contributed by atoms with E-state index < -0.39 is 0 Å². The van der Waals surface area contributed by atoms with Crippen molar-refractivity contribution in [2.75, 3.05) is 20.3 Å². The maximum absolute atomic E-state index is 10.1. The number of piperidine rings is 3. The van der Waals surface area contributed by atoms with Crippen LogP contribution in [0.3, 0.4) is 0 Å². The molecule has 0 spiro atoms. The summed E-state index contributed by atoms with van der Waals surface area (Å²) in [6.45, 7) is 3.49. The Kier molecular flexibility index (Phi) is 3.10. The van der Waals surface area contributed by atoms with Gasteiger partial charge in [0.15, 0.2) is 0 Å². The first kappa shape index (κ1) is 14.6. The molecule has 4 aliphatic heterocycles. The minimum Gasteiger partial charge on any atom is -0.497 e. The molecule has 5 heterocycles. The molecule has 0 saturated carbocycles. The number of benzene rings is 1. The quantitative estimate of drug-likeness (QED) is 0.835. The Morgan fingerprint density at radius 3 is 3.04 bits per heavy atom. The van der Waals surface area contributed by atoms with Crippen LogP contribution in [0.4, 0.5) is 0 Å². The van der Waals surface area contributed by atoms with Crippen LogP contribution in [0.2, 0.25) is 0 Å². The average molecular weight is 324 g/mol. The van der Waals surface area contributed by atoms with E-state index in [1.54, 1.807) is 7.11 Å². The lowest BCUT2D eigenvalue weighted by Crippen LogP contribution is -2.60.